The summed E-state index contributed by atoms with van der Waals surface area (Å²) in [5, 5.41) is 2.91. The van der Waals surface area contributed by atoms with Crippen molar-refractivity contribution in [3.8, 4) is 0 Å². The number of carbonyl (C=O) groups is 1. The van der Waals surface area contributed by atoms with Gasteiger partial charge in [-0.25, -0.2) is 4.98 Å². The molecule has 4 heteroatoms. The van der Waals surface area contributed by atoms with Crippen molar-refractivity contribution in [1.29, 1.82) is 0 Å². The van der Waals surface area contributed by atoms with Crippen LogP contribution in [0.3, 0.4) is 0 Å². The molecule has 2 aromatic rings. The van der Waals surface area contributed by atoms with Gasteiger partial charge in [0.25, 0.3) is 0 Å². The topological polar surface area (TPSA) is 46.9 Å². The minimum atomic E-state index is -0.0836. The summed E-state index contributed by atoms with van der Waals surface area (Å²) in [6, 6.07) is 8.30. The number of imidazole rings is 1. The molecule has 0 radical (unpaired) electrons. The van der Waals surface area contributed by atoms with Crippen LogP contribution >= 0.6 is 0 Å². The van der Waals surface area contributed by atoms with Crippen molar-refractivity contribution in [3.05, 3.63) is 42.2 Å². The van der Waals surface area contributed by atoms with Crippen LogP contribution in [0.15, 0.2) is 36.4 Å². The summed E-state index contributed by atoms with van der Waals surface area (Å²) >= 11 is 0. The number of unbranched alkanes of at least 4 members (excludes halogenated alkanes) is 6. The Hall–Kier alpha value is -2.10. The van der Waals surface area contributed by atoms with Crippen LogP contribution in [0, 0.1) is 0 Å². The van der Waals surface area contributed by atoms with Crippen molar-refractivity contribution < 1.29 is 4.79 Å². The number of nitrogens with zero attached hydrogens (tertiary/aromatic N) is 2. The summed E-state index contributed by atoms with van der Waals surface area (Å²) < 4.78 is 2.33. The second-order valence-electron chi connectivity index (χ2n) is 7.08. The van der Waals surface area contributed by atoms with Gasteiger partial charge in [0.05, 0.1) is 11.0 Å². The van der Waals surface area contributed by atoms with Crippen molar-refractivity contribution in [3.63, 3.8) is 0 Å². The molecule has 1 heterocycles. The van der Waals surface area contributed by atoms with Gasteiger partial charge in [0.2, 0.25) is 5.91 Å². The first-order valence-corrected chi connectivity index (χ1v) is 10.0. The Morgan fingerprint density at radius 3 is 2.54 bits per heavy atom. The van der Waals surface area contributed by atoms with Gasteiger partial charge < -0.3 is 9.88 Å². The molecule has 0 saturated carbocycles. The van der Waals surface area contributed by atoms with E-state index in [1.807, 2.05) is 6.07 Å². The molecule has 0 aliphatic heterocycles. The maximum Gasteiger partial charge on any atom is 0.246 e. The quantitative estimate of drug-likeness (QED) is 0.429. The lowest BCUT2D eigenvalue weighted by atomic mass is 10.1. The highest BCUT2D eigenvalue weighted by Gasteiger charge is 2.10. The van der Waals surface area contributed by atoms with Gasteiger partial charge in [-0.3, -0.25) is 4.79 Å². The Labute approximate surface area is 157 Å². The lowest BCUT2D eigenvalue weighted by molar-refractivity contribution is -0.117. The summed E-state index contributed by atoms with van der Waals surface area (Å²) in [6.45, 7) is 9.25. The molecule has 142 valence electrons. The first-order chi connectivity index (χ1) is 12.6. The number of para-hydroxylation sites is 2. The van der Waals surface area contributed by atoms with Crippen molar-refractivity contribution >= 4 is 16.9 Å². The average molecular weight is 356 g/mol. The van der Waals surface area contributed by atoms with Gasteiger partial charge in [-0.15, -0.1) is 0 Å². The van der Waals surface area contributed by atoms with E-state index in [4.69, 9.17) is 4.98 Å². The first kappa shape index (κ1) is 20.2. The predicted octanol–water partition coefficient (Wildman–Crippen LogP) is 5.02. The number of hydrogen-bond acceptors (Lipinski definition) is 2. The molecule has 2 rings (SSSR count). The number of rotatable bonds is 12. The molecule has 26 heavy (non-hydrogen) atoms. The Bertz CT molecular complexity index is 717. The number of amides is 1. The van der Waals surface area contributed by atoms with Gasteiger partial charge in [0.15, 0.2) is 0 Å². The molecular weight excluding hydrogens is 322 g/mol. The highest BCUT2D eigenvalue weighted by Crippen LogP contribution is 2.18. The molecule has 0 fully saturated rings. The highest BCUT2D eigenvalue weighted by atomic mass is 16.1. The minimum Gasteiger partial charge on any atom is -0.352 e. The van der Waals surface area contributed by atoms with E-state index < -0.39 is 0 Å². The number of fused-ring (bicyclic) bond motifs is 1. The zero-order valence-electron chi connectivity index (χ0n) is 16.4. The number of nitrogens with one attached hydrogen (secondary N) is 1. The van der Waals surface area contributed by atoms with Crippen LogP contribution in [0.5, 0.6) is 0 Å². The van der Waals surface area contributed by atoms with Crippen LogP contribution < -0.4 is 5.32 Å². The van der Waals surface area contributed by atoms with Gasteiger partial charge in [-0.1, -0.05) is 64.2 Å². The van der Waals surface area contributed by atoms with Crippen molar-refractivity contribution in [1.82, 2.24) is 14.9 Å². The number of carbonyl (C=O) groups excluding carboxylic acids is 1. The summed E-state index contributed by atoms with van der Waals surface area (Å²) in [7, 11) is 0. The van der Waals surface area contributed by atoms with Crippen LogP contribution in [-0.2, 0) is 17.8 Å². The monoisotopic (exact) mass is 355 g/mol. The number of hydrogen-bond donors (Lipinski definition) is 1. The summed E-state index contributed by atoms with van der Waals surface area (Å²) in [5.74, 6) is 0.971. The zero-order valence-corrected chi connectivity index (χ0v) is 16.4. The molecule has 0 aliphatic carbocycles. The van der Waals surface area contributed by atoms with E-state index in [2.05, 4.69) is 41.6 Å². The summed E-state index contributed by atoms with van der Waals surface area (Å²) in [4.78, 5) is 16.5. The van der Waals surface area contributed by atoms with E-state index in [1.165, 1.54) is 50.5 Å². The molecule has 1 amide bonds. The van der Waals surface area contributed by atoms with Crippen LogP contribution in [0.2, 0.25) is 0 Å². The van der Waals surface area contributed by atoms with Gasteiger partial charge in [-0.05, 0) is 25.5 Å². The molecule has 4 nitrogen and oxygen atoms in total. The van der Waals surface area contributed by atoms with Crippen LogP contribution in [0.1, 0.15) is 64.6 Å². The van der Waals surface area contributed by atoms with Crippen LogP contribution in [0.25, 0.3) is 11.0 Å². The standard InChI is InChI=1S/C22H33N3O/c1-4-5-6-7-8-9-12-17-25-20-14-11-10-13-19(20)24-21(25)15-16-23-22(26)18(2)3/h10-11,13-14H,2,4-9,12,15-17H2,1,3H3,(H,23,26). The fourth-order valence-electron chi connectivity index (χ4n) is 3.23. The average Bonchev–Trinajstić information content (AvgIpc) is 2.98. The Balaban J connectivity index is 1.92. The SMILES string of the molecule is C=C(C)C(=O)NCCc1nc2ccccc2n1CCCCCCCCC. The fraction of sp³-hybridized carbons (Fsp3) is 0.545. The zero-order chi connectivity index (χ0) is 18.8. The van der Waals surface area contributed by atoms with Crippen molar-refractivity contribution in [2.24, 2.45) is 0 Å². The van der Waals surface area contributed by atoms with E-state index >= 15 is 0 Å². The third kappa shape index (κ3) is 6.01. The van der Waals surface area contributed by atoms with E-state index in [1.54, 1.807) is 6.92 Å². The predicted molar refractivity (Wildman–Crippen MR) is 109 cm³/mol. The van der Waals surface area contributed by atoms with Crippen LogP contribution in [-0.4, -0.2) is 22.0 Å². The van der Waals surface area contributed by atoms with Gasteiger partial charge in [-0.2, -0.15) is 0 Å². The molecule has 0 atom stereocenters. The maximum absolute atomic E-state index is 11.7. The van der Waals surface area contributed by atoms with E-state index in [0.717, 1.165) is 24.3 Å². The van der Waals surface area contributed by atoms with E-state index in [9.17, 15) is 4.79 Å². The van der Waals surface area contributed by atoms with E-state index in [-0.39, 0.29) is 5.91 Å². The molecule has 1 N–H and O–H groups in total. The van der Waals surface area contributed by atoms with Crippen LogP contribution in [0.4, 0.5) is 0 Å². The second-order valence-corrected chi connectivity index (χ2v) is 7.08. The number of benzene rings is 1. The molecule has 0 bridgehead atoms. The fourth-order valence-corrected chi connectivity index (χ4v) is 3.23. The smallest absolute Gasteiger partial charge is 0.246 e. The number of aromatic nitrogens is 2. The highest BCUT2D eigenvalue weighted by molar-refractivity contribution is 5.92. The maximum atomic E-state index is 11.7. The molecule has 0 spiro atoms. The Kier molecular flexibility index (Phi) is 8.39. The summed E-state index contributed by atoms with van der Waals surface area (Å²) in [5.41, 5.74) is 2.78. The Morgan fingerprint density at radius 2 is 1.81 bits per heavy atom. The molecule has 0 aliphatic rings. The molecule has 1 aromatic heterocycles. The van der Waals surface area contributed by atoms with Gasteiger partial charge in [0.1, 0.15) is 5.82 Å². The lowest BCUT2D eigenvalue weighted by Gasteiger charge is -2.10. The normalized spacial score (nSPS) is 11.0. The van der Waals surface area contributed by atoms with Gasteiger partial charge >= 0.3 is 0 Å². The molecule has 0 saturated heterocycles. The molecule has 0 unspecified atom stereocenters. The largest absolute Gasteiger partial charge is 0.352 e. The Morgan fingerprint density at radius 1 is 1.12 bits per heavy atom. The van der Waals surface area contributed by atoms with Gasteiger partial charge in [0, 0.05) is 25.1 Å². The number of aryl methyl sites for hydroxylation is 1. The second kappa shape index (κ2) is 10.8. The van der Waals surface area contributed by atoms with Crippen molar-refractivity contribution in [2.45, 2.75) is 71.8 Å². The minimum absolute atomic E-state index is 0.0836. The van der Waals surface area contributed by atoms with E-state index in [0.29, 0.717) is 12.1 Å². The molecule has 1 aromatic carbocycles. The lowest BCUT2D eigenvalue weighted by Crippen LogP contribution is -2.26. The summed E-state index contributed by atoms with van der Waals surface area (Å²) in [6.07, 6.45) is 9.86. The third-order valence-corrected chi connectivity index (χ3v) is 4.74. The van der Waals surface area contributed by atoms with Crippen molar-refractivity contribution in [2.75, 3.05) is 6.54 Å². The first-order valence-electron chi connectivity index (χ1n) is 10.0. The third-order valence-electron chi connectivity index (χ3n) is 4.74. The molecular formula is C22H33N3O.